The van der Waals surface area contributed by atoms with Crippen molar-refractivity contribution in [2.45, 2.75) is 0 Å². The maximum Gasteiger partial charge on any atom is 0.166 e. The van der Waals surface area contributed by atoms with Crippen LogP contribution >= 0.6 is 22.7 Å². The van der Waals surface area contributed by atoms with Gasteiger partial charge >= 0.3 is 0 Å². The predicted octanol–water partition coefficient (Wildman–Crippen LogP) is 17.0. The van der Waals surface area contributed by atoms with Crippen LogP contribution in [0, 0.1) is 0 Å². The normalized spacial score (nSPS) is 12.1. The van der Waals surface area contributed by atoms with E-state index in [4.69, 9.17) is 15.0 Å². The van der Waals surface area contributed by atoms with E-state index >= 15 is 0 Å². The monoisotopic (exact) mass is 901 g/mol. The van der Waals surface area contributed by atoms with E-state index in [0.29, 0.717) is 17.5 Å². The zero-order valence-corrected chi connectivity index (χ0v) is 37.9. The second-order valence-corrected chi connectivity index (χ2v) is 19.6. The van der Waals surface area contributed by atoms with Gasteiger partial charge in [-0.1, -0.05) is 140 Å². The van der Waals surface area contributed by atoms with Gasteiger partial charge in [0.1, 0.15) is 0 Å². The van der Waals surface area contributed by atoms with Crippen LogP contribution in [-0.2, 0) is 0 Å². The number of benzene rings is 10. The topological polar surface area (TPSA) is 48.5 Å². The van der Waals surface area contributed by atoms with Crippen LogP contribution in [0.4, 0.5) is 0 Å². The number of thiophene rings is 2. The average Bonchev–Trinajstić information content (AvgIpc) is 4.15. The van der Waals surface area contributed by atoms with E-state index in [1.54, 1.807) is 11.3 Å². The summed E-state index contributed by atoms with van der Waals surface area (Å²) in [6, 6.07) is 76.6. The van der Waals surface area contributed by atoms with Gasteiger partial charge in [-0.15, -0.1) is 22.7 Å². The number of rotatable bonds is 5. The summed E-state index contributed by atoms with van der Waals surface area (Å²) in [4.78, 5) is 17.1. The predicted molar refractivity (Wildman–Crippen MR) is 288 cm³/mol. The Morgan fingerprint density at radius 3 is 1.71 bits per heavy atom. The molecule has 7 heteroatoms. The van der Waals surface area contributed by atoms with Crippen molar-refractivity contribution in [1.29, 1.82) is 0 Å². The van der Waals surface area contributed by atoms with Crippen molar-refractivity contribution in [2.75, 3.05) is 0 Å². The number of nitrogens with zero attached hydrogens (tertiary/aromatic N) is 5. The highest BCUT2D eigenvalue weighted by Gasteiger charge is 2.26. The smallest absolute Gasteiger partial charge is 0.166 e. The lowest BCUT2D eigenvalue weighted by atomic mass is 10.0. The van der Waals surface area contributed by atoms with Gasteiger partial charge in [0.25, 0.3) is 0 Å². The van der Waals surface area contributed by atoms with Crippen molar-refractivity contribution in [1.82, 2.24) is 24.1 Å². The van der Waals surface area contributed by atoms with Crippen molar-refractivity contribution >= 4 is 117 Å². The summed E-state index contributed by atoms with van der Waals surface area (Å²) in [7, 11) is 0. The number of hydrogen-bond acceptors (Lipinski definition) is 5. The number of fused-ring (bicyclic) bond motifs is 13. The van der Waals surface area contributed by atoms with Gasteiger partial charge in [0.15, 0.2) is 17.5 Å². The molecule has 0 saturated heterocycles. The molecule has 0 fully saturated rings. The molecule has 68 heavy (non-hydrogen) atoms. The van der Waals surface area contributed by atoms with Crippen molar-refractivity contribution in [2.24, 2.45) is 0 Å². The van der Waals surface area contributed by atoms with Crippen LogP contribution in [0.1, 0.15) is 0 Å². The third kappa shape index (κ3) is 5.45. The SMILES string of the molecule is c1ccc(-n2c3ccccc3c3cccc(-c4nc(-c5cccc6c5sc5ccccc56)nc(-c5c(-n6c7ccccc7c7cc8ccccc8cc76)ccc6sc7ccccc7c56)n4)c32)cc1. The largest absolute Gasteiger partial charge is 0.309 e. The quantitative estimate of drug-likeness (QED) is 0.173. The highest BCUT2D eigenvalue weighted by Crippen LogP contribution is 2.47. The zero-order chi connectivity index (χ0) is 44.5. The van der Waals surface area contributed by atoms with Gasteiger partial charge in [0, 0.05) is 78.7 Å². The fourth-order valence-corrected chi connectivity index (χ4v) is 13.2. The third-order valence-corrected chi connectivity index (χ3v) is 16.1. The zero-order valence-electron chi connectivity index (χ0n) is 36.3. The number of para-hydroxylation sites is 4. The molecule has 15 aromatic rings. The molecular weight excluding hydrogens is 867 g/mol. The average molecular weight is 902 g/mol. The molecule has 0 aliphatic carbocycles. The van der Waals surface area contributed by atoms with E-state index in [2.05, 4.69) is 221 Å². The molecule has 0 aliphatic heterocycles. The van der Waals surface area contributed by atoms with Crippen molar-refractivity contribution in [3.05, 3.63) is 212 Å². The van der Waals surface area contributed by atoms with Crippen molar-refractivity contribution < 1.29 is 0 Å². The summed E-state index contributed by atoms with van der Waals surface area (Å²) in [6.45, 7) is 0. The molecule has 15 rings (SSSR count). The van der Waals surface area contributed by atoms with Crippen LogP contribution in [-0.4, -0.2) is 24.1 Å². The van der Waals surface area contributed by atoms with Gasteiger partial charge in [-0.25, -0.2) is 15.0 Å². The molecule has 5 nitrogen and oxygen atoms in total. The van der Waals surface area contributed by atoms with E-state index < -0.39 is 0 Å². The molecule has 0 spiro atoms. The van der Waals surface area contributed by atoms with Gasteiger partial charge in [-0.2, -0.15) is 0 Å². The summed E-state index contributed by atoms with van der Waals surface area (Å²) < 4.78 is 9.60. The van der Waals surface area contributed by atoms with Crippen molar-refractivity contribution in [3.8, 4) is 45.5 Å². The highest BCUT2D eigenvalue weighted by molar-refractivity contribution is 7.26. The summed E-state index contributed by atoms with van der Waals surface area (Å²) in [6.07, 6.45) is 0. The maximum atomic E-state index is 5.75. The Kier molecular flexibility index (Phi) is 8.04. The summed E-state index contributed by atoms with van der Waals surface area (Å²) in [5.74, 6) is 1.88. The van der Waals surface area contributed by atoms with Crippen LogP contribution in [0.3, 0.4) is 0 Å². The Morgan fingerprint density at radius 1 is 0.338 bits per heavy atom. The second kappa shape index (κ2) is 14.5. The van der Waals surface area contributed by atoms with Gasteiger partial charge < -0.3 is 9.13 Å². The highest BCUT2D eigenvalue weighted by atomic mass is 32.1. The number of aromatic nitrogens is 5. The lowest BCUT2D eigenvalue weighted by Crippen LogP contribution is -2.05. The van der Waals surface area contributed by atoms with Crippen LogP contribution in [0.25, 0.3) is 140 Å². The molecule has 0 aliphatic rings. The lowest BCUT2D eigenvalue weighted by Gasteiger charge is -2.17. The van der Waals surface area contributed by atoms with Crippen LogP contribution in [0.5, 0.6) is 0 Å². The lowest BCUT2D eigenvalue weighted by molar-refractivity contribution is 1.07. The summed E-state index contributed by atoms with van der Waals surface area (Å²) in [5.41, 5.74) is 9.41. The van der Waals surface area contributed by atoms with E-state index in [-0.39, 0.29) is 0 Å². The molecule has 5 heterocycles. The minimum absolute atomic E-state index is 0.615. The Morgan fingerprint density at radius 2 is 0.912 bits per heavy atom. The molecule has 10 aromatic carbocycles. The molecule has 0 bridgehead atoms. The third-order valence-electron chi connectivity index (χ3n) is 13.8. The Hall–Kier alpha value is -8.49. The molecular formula is C61H35N5S2. The Labute approximate surface area is 397 Å². The minimum atomic E-state index is 0.615. The van der Waals surface area contributed by atoms with Gasteiger partial charge in [-0.3, -0.25) is 0 Å². The fourth-order valence-electron chi connectivity index (χ4n) is 10.8. The van der Waals surface area contributed by atoms with Crippen molar-refractivity contribution in [3.63, 3.8) is 0 Å². The first-order valence-electron chi connectivity index (χ1n) is 22.9. The van der Waals surface area contributed by atoms with Gasteiger partial charge in [0.05, 0.1) is 33.3 Å². The van der Waals surface area contributed by atoms with E-state index in [0.717, 1.165) is 65.6 Å². The molecule has 0 unspecified atom stereocenters. The summed E-state index contributed by atoms with van der Waals surface area (Å²) >= 11 is 3.61. The standard InChI is InChI=1S/C61H35N5S2/c1-2-18-38(19-3-1)65-48-28-10-6-20-39(48)42-24-14-26-45(57(42)65)59-62-60(46-27-15-25-43-41-22-8-12-30-52(41)68-58(43)46)64-61(63-59)56-50(32-33-54-55(56)44-23-9-13-31-53(44)67-54)66-49-29-11-7-21-40(49)47-34-36-16-4-5-17-37(36)35-51(47)66/h1-35H. The van der Waals surface area contributed by atoms with Crippen LogP contribution in [0.2, 0.25) is 0 Å². The Bertz CT molecular complexity index is 4570. The van der Waals surface area contributed by atoms with Gasteiger partial charge in [-0.05, 0) is 83.6 Å². The first kappa shape index (κ1) is 37.7. The molecule has 0 N–H and O–H groups in total. The van der Waals surface area contributed by atoms with Crippen LogP contribution in [0.15, 0.2) is 212 Å². The first-order chi connectivity index (χ1) is 33.7. The van der Waals surface area contributed by atoms with Crippen LogP contribution < -0.4 is 0 Å². The fraction of sp³-hybridized carbons (Fsp3) is 0. The van der Waals surface area contributed by atoms with E-state index in [1.807, 2.05) is 11.3 Å². The molecule has 0 radical (unpaired) electrons. The summed E-state index contributed by atoms with van der Waals surface area (Å²) in [5, 5.41) is 11.9. The van der Waals surface area contributed by atoms with Gasteiger partial charge in [0.2, 0.25) is 0 Å². The van der Waals surface area contributed by atoms with E-state index in [1.165, 1.54) is 57.2 Å². The molecule has 0 atom stereocenters. The molecule has 0 amide bonds. The Balaban J connectivity index is 1.11. The maximum absolute atomic E-state index is 5.75. The molecule has 316 valence electrons. The van der Waals surface area contributed by atoms with E-state index in [9.17, 15) is 0 Å². The number of hydrogen-bond donors (Lipinski definition) is 0. The first-order valence-corrected chi connectivity index (χ1v) is 24.5. The molecule has 5 aromatic heterocycles. The second-order valence-electron chi connectivity index (χ2n) is 17.5. The minimum Gasteiger partial charge on any atom is -0.309 e. The molecule has 0 saturated carbocycles.